The third kappa shape index (κ3) is 6.62. The Balaban J connectivity index is 1.36. The summed E-state index contributed by atoms with van der Waals surface area (Å²) in [5.41, 5.74) is 0.605. The number of piperazine rings is 1. The van der Waals surface area contributed by atoms with E-state index in [-0.39, 0.29) is 23.7 Å². The van der Waals surface area contributed by atoms with Gasteiger partial charge in [0.2, 0.25) is 0 Å². The highest BCUT2D eigenvalue weighted by Crippen LogP contribution is 2.08. The number of halogens is 1. The van der Waals surface area contributed by atoms with Crippen molar-refractivity contribution in [2.75, 3.05) is 44.6 Å². The van der Waals surface area contributed by atoms with Crippen LogP contribution in [0.1, 0.15) is 11.8 Å². The van der Waals surface area contributed by atoms with Crippen LogP contribution in [0.2, 0.25) is 0 Å². The van der Waals surface area contributed by atoms with Gasteiger partial charge in [0, 0.05) is 17.1 Å². The summed E-state index contributed by atoms with van der Waals surface area (Å²) in [4.78, 5) is 28.4. The van der Waals surface area contributed by atoms with E-state index in [2.05, 4.69) is 16.7 Å². The lowest BCUT2D eigenvalue weighted by Gasteiger charge is -2.32. The summed E-state index contributed by atoms with van der Waals surface area (Å²) < 4.78 is 12.9. The third-order valence-corrected chi connectivity index (χ3v) is 6.33. The number of carbonyl (C=O) groups is 2. The Kier molecular flexibility index (Phi) is 7.74. The van der Waals surface area contributed by atoms with Crippen molar-refractivity contribution in [1.29, 1.82) is 0 Å². The zero-order valence-corrected chi connectivity index (χ0v) is 17.5. The summed E-state index contributed by atoms with van der Waals surface area (Å²) in [6.07, 6.45) is 0.868. The fourth-order valence-electron chi connectivity index (χ4n) is 3.60. The lowest BCUT2D eigenvalue weighted by molar-refractivity contribution is -1.01. The summed E-state index contributed by atoms with van der Waals surface area (Å²) in [7, 11) is 0. The second-order valence-corrected chi connectivity index (χ2v) is 8.51. The molecular formula is C21H29FN4O2S+2. The van der Waals surface area contributed by atoms with E-state index < -0.39 is 0 Å². The van der Waals surface area contributed by atoms with E-state index in [1.165, 1.54) is 26.8 Å². The number of carbonyl (C=O) groups excluding carboxylic acids is 2. The van der Waals surface area contributed by atoms with Gasteiger partial charge in [0.25, 0.3) is 11.8 Å². The van der Waals surface area contributed by atoms with Crippen LogP contribution in [-0.4, -0.2) is 57.1 Å². The number of benzene rings is 1. The van der Waals surface area contributed by atoms with E-state index in [9.17, 15) is 14.0 Å². The molecular weight excluding hydrogens is 391 g/mol. The molecule has 3 rings (SSSR count). The number of hydrogen-bond acceptors (Lipinski definition) is 3. The van der Waals surface area contributed by atoms with Crippen LogP contribution >= 0.6 is 11.3 Å². The highest BCUT2D eigenvalue weighted by molar-refractivity contribution is 7.09. The molecule has 0 aliphatic carbocycles. The van der Waals surface area contributed by atoms with Crippen LogP contribution in [0.4, 0.5) is 10.1 Å². The van der Waals surface area contributed by atoms with Crippen molar-refractivity contribution in [3.8, 4) is 0 Å². The monoisotopic (exact) mass is 420 g/mol. The van der Waals surface area contributed by atoms with Crippen LogP contribution < -0.4 is 20.4 Å². The molecule has 0 bridgehead atoms. The van der Waals surface area contributed by atoms with Gasteiger partial charge >= 0.3 is 0 Å². The number of thiophene rings is 1. The standard InChI is InChI=1S/C21H27FN4O2S/c1-16(21(28)23-9-8-19-3-2-14-29-19)26-12-10-25(11-13-26)15-20(27)24-18-6-4-17(22)5-7-18/h2-7,14,16H,8-13,15H2,1H3,(H,23,28)(H,24,27)/p+2/t16-/m1/s1. The Morgan fingerprint density at radius 1 is 1.14 bits per heavy atom. The second-order valence-electron chi connectivity index (χ2n) is 7.48. The number of nitrogens with one attached hydrogen (secondary N) is 4. The molecule has 156 valence electrons. The average molecular weight is 421 g/mol. The van der Waals surface area contributed by atoms with Crippen LogP contribution in [0.25, 0.3) is 0 Å². The summed E-state index contributed by atoms with van der Waals surface area (Å²) in [6, 6.07) is 9.80. The van der Waals surface area contributed by atoms with Gasteiger partial charge in [-0.15, -0.1) is 11.3 Å². The number of hydrogen-bond donors (Lipinski definition) is 4. The molecule has 1 atom stereocenters. The molecule has 8 heteroatoms. The minimum Gasteiger partial charge on any atom is -0.351 e. The minimum absolute atomic E-state index is 0.0746. The van der Waals surface area contributed by atoms with Gasteiger partial charge in [-0.05, 0) is 49.1 Å². The van der Waals surface area contributed by atoms with Crippen LogP contribution in [-0.2, 0) is 16.0 Å². The van der Waals surface area contributed by atoms with Gasteiger partial charge in [-0.25, -0.2) is 4.39 Å². The molecule has 0 unspecified atom stereocenters. The zero-order valence-electron chi connectivity index (χ0n) is 16.7. The first-order valence-electron chi connectivity index (χ1n) is 10.0. The van der Waals surface area contributed by atoms with Crippen molar-refractivity contribution in [3.05, 3.63) is 52.5 Å². The summed E-state index contributed by atoms with van der Waals surface area (Å²) in [5, 5.41) is 7.90. The topological polar surface area (TPSA) is 67.1 Å². The van der Waals surface area contributed by atoms with Crippen molar-refractivity contribution in [1.82, 2.24) is 5.32 Å². The van der Waals surface area contributed by atoms with Gasteiger partial charge in [0.05, 0.1) is 0 Å². The molecule has 0 radical (unpaired) electrons. The van der Waals surface area contributed by atoms with Crippen LogP contribution in [0.3, 0.4) is 0 Å². The van der Waals surface area contributed by atoms with Gasteiger partial charge in [0.15, 0.2) is 12.6 Å². The lowest BCUT2D eigenvalue weighted by Crippen LogP contribution is -3.30. The Morgan fingerprint density at radius 3 is 2.52 bits per heavy atom. The van der Waals surface area contributed by atoms with E-state index in [0.29, 0.717) is 18.8 Å². The van der Waals surface area contributed by atoms with Gasteiger partial charge in [-0.2, -0.15) is 0 Å². The van der Waals surface area contributed by atoms with Crippen molar-refractivity contribution < 1.29 is 23.8 Å². The van der Waals surface area contributed by atoms with Crippen LogP contribution in [0.15, 0.2) is 41.8 Å². The molecule has 1 aliphatic rings. The van der Waals surface area contributed by atoms with Crippen molar-refractivity contribution in [2.45, 2.75) is 19.4 Å². The zero-order chi connectivity index (χ0) is 20.6. The molecule has 1 aromatic heterocycles. The van der Waals surface area contributed by atoms with E-state index in [1.54, 1.807) is 23.5 Å². The Morgan fingerprint density at radius 2 is 1.86 bits per heavy atom. The normalized spacial score (nSPS) is 20.1. The molecule has 4 N–H and O–H groups in total. The maximum Gasteiger partial charge on any atom is 0.279 e. The molecule has 1 saturated heterocycles. The fourth-order valence-corrected chi connectivity index (χ4v) is 4.31. The molecule has 6 nitrogen and oxygen atoms in total. The number of quaternary nitrogens is 2. The Hall–Kier alpha value is -2.29. The molecule has 2 amide bonds. The predicted octanol–water partition coefficient (Wildman–Crippen LogP) is -0.643. The molecule has 1 aliphatic heterocycles. The number of anilines is 1. The third-order valence-electron chi connectivity index (χ3n) is 5.39. The van der Waals surface area contributed by atoms with E-state index >= 15 is 0 Å². The van der Waals surface area contributed by atoms with E-state index in [0.717, 1.165) is 32.6 Å². The summed E-state index contributed by atoms with van der Waals surface area (Å²) >= 11 is 1.71. The maximum absolute atomic E-state index is 12.9. The van der Waals surface area contributed by atoms with Crippen molar-refractivity contribution in [3.63, 3.8) is 0 Å². The molecule has 1 fully saturated rings. The maximum atomic E-state index is 12.9. The van der Waals surface area contributed by atoms with Gasteiger partial charge in [0.1, 0.15) is 32.0 Å². The number of amides is 2. The van der Waals surface area contributed by atoms with Gasteiger partial charge in [-0.3, -0.25) is 9.59 Å². The highest BCUT2D eigenvalue weighted by atomic mass is 32.1. The van der Waals surface area contributed by atoms with E-state index in [1.807, 2.05) is 18.4 Å². The predicted molar refractivity (Wildman–Crippen MR) is 112 cm³/mol. The Labute approximate surface area is 174 Å². The molecule has 1 aromatic carbocycles. The molecule has 0 spiro atoms. The first-order chi connectivity index (χ1) is 14.0. The summed E-state index contributed by atoms with van der Waals surface area (Å²) in [6.45, 7) is 6.43. The van der Waals surface area contributed by atoms with E-state index in [4.69, 9.17) is 0 Å². The summed E-state index contributed by atoms with van der Waals surface area (Å²) in [5.74, 6) is -0.305. The molecule has 0 saturated carbocycles. The smallest absolute Gasteiger partial charge is 0.279 e. The Bertz CT molecular complexity index is 790. The minimum atomic E-state index is -0.322. The first-order valence-corrected chi connectivity index (χ1v) is 10.9. The van der Waals surface area contributed by atoms with Crippen LogP contribution in [0, 0.1) is 5.82 Å². The SMILES string of the molecule is C[C@H](C(=O)NCCc1cccs1)[NH+]1CC[NH+](CC(=O)Nc2ccc(F)cc2)CC1. The molecule has 2 heterocycles. The number of rotatable bonds is 8. The fraction of sp³-hybridized carbons (Fsp3) is 0.429. The molecule has 2 aromatic rings. The average Bonchev–Trinajstić information content (AvgIpc) is 3.23. The van der Waals surface area contributed by atoms with Gasteiger partial charge < -0.3 is 20.4 Å². The highest BCUT2D eigenvalue weighted by Gasteiger charge is 2.31. The molecule has 29 heavy (non-hydrogen) atoms. The lowest BCUT2D eigenvalue weighted by atomic mass is 10.2. The van der Waals surface area contributed by atoms with Gasteiger partial charge in [-0.1, -0.05) is 6.07 Å². The first kappa shape index (κ1) is 21.4. The van der Waals surface area contributed by atoms with Crippen molar-refractivity contribution in [2.24, 2.45) is 0 Å². The largest absolute Gasteiger partial charge is 0.351 e. The van der Waals surface area contributed by atoms with Crippen molar-refractivity contribution >= 4 is 28.8 Å². The quantitative estimate of drug-likeness (QED) is 0.459. The second kappa shape index (κ2) is 10.5. The van der Waals surface area contributed by atoms with Crippen LogP contribution in [0.5, 0.6) is 0 Å².